The van der Waals surface area contributed by atoms with E-state index in [1.807, 2.05) is 0 Å². The van der Waals surface area contributed by atoms with E-state index in [2.05, 4.69) is 0 Å². The van der Waals surface area contributed by atoms with Crippen LogP contribution in [0.3, 0.4) is 0 Å². The van der Waals surface area contributed by atoms with Gasteiger partial charge in [-0.05, 0) is 54.8 Å². The summed E-state index contributed by atoms with van der Waals surface area (Å²) in [7, 11) is 0. The van der Waals surface area contributed by atoms with Crippen LogP contribution in [-0.2, 0) is 23.7 Å². The second-order valence-corrected chi connectivity index (χ2v) is 10.9. The molecule has 230 valence electrons. The molecule has 5 atom stereocenters. The molecule has 0 bridgehead atoms. The van der Waals surface area contributed by atoms with E-state index in [1.54, 1.807) is 128 Å². The van der Waals surface area contributed by atoms with Crippen LogP contribution < -0.4 is 0 Å². The van der Waals surface area contributed by atoms with Crippen molar-refractivity contribution in [3.63, 3.8) is 0 Å². The molecule has 0 aliphatic carbocycles. The van der Waals surface area contributed by atoms with Crippen LogP contribution >= 0.6 is 11.8 Å². The van der Waals surface area contributed by atoms with Gasteiger partial charge < -0.3 is 23.7 Å². The van der Waals surface area contributed by atoms with E-state index < -0.39 is 53.7 Å². The molecule has 4 aromatic carbocycles. The van der Waals surface area contributed by atoms with Crippen LogP contribution in [0.5, 0.6) is 0 Å². The Morgan fingerprint density at radius 1 is 0.533 bits per heavy atom. The third kappa shape index (κ3) is 7.97. The minimum absolute atomic E-state index is 0.232. The number of ether oxygens (including phenoxy) is 5. The van der Waals surface area contributed by atoms with Gasteiger partial charge in [0.05, 0.1) is 22.3 Å². The summed E-state index contributed by atoms with van der Waals surface area (Å²) < 4.78 is 29.8. The summed E-state index contributed by atoms with van der Waals surface area (Å²) in [4.78, 5) is 52.9. The van der Waals surface area contributed by atoms with Crippen molar-refractivity contribution >= 4 is 35.6 Å². The monoisotopic (exact) mass is 626 g/mol. The fourth-order valence-electron chi connectivity index (χ4n) is 4.72. The predicted octanol–water partition coefficient (Wildman–Crippen LogP) is 5.61. The first kappa shape index (κ1) is 31.5. The second-order valence-electron chi connectivity index (χ2n) is 9.95. The first-order valence-corrected chi connectivity index (χ1v) is 15.4. The highest BCUT2D eigenvalue weighted by atomic mass is 32.2. The molecule has 10 heteroatoms. The summed E-state index contributed by atoms with van der Waals surface area (Å²) in [5.41, 5.74) is 0.156. The van der Waals surface area contributed by atoms with Gasteiger partial charge in [0.15, 0.2) is 18.3 Å². The maximum atomic E-state index is 13.4. The first-order chi connectivity index (χ1) is 21.9. The lowest BCUT2D eigenvalue weighted by Gasteiger charge is -2.44. The van der Waals surface area contributed by atoms with Crippen molar-refractivity contribution in [2.24, 2.45) is 0 Å². The second kappa shape index (κ2) is 15.2. The van der Waals surface area contributed by atoms with Crippen molar-refractivity contribution in [1.82, 2.24) is 0 Å². The number of esters is 4. The van der Waals surface area contributed by atoms with Crippen molar-refractivity contribution in [2.45, 2.75) is 29.9 Å². The summed E-state index contributed by atoms with van der Waals surface area (Å²) in [5.74, 6) is -2.78. The van der Waals surface area contributed by atoms with E-state index in [0.717, 1.165) is 0 Å². The smallest absolute Gasteiger partial charge is 0.338 e. The van der Waals surface area contributed by atoms with Gasteiger partial charge >= 0.3 is 23.9 Å². The van der Waals surface area contributed by atoms with E-state index in [1.165, 1.54) is 11.8 Å². The minimum Gasteiger partial charge on any atom is -0.459 e. The van der Waals surface area contributed by atoms with Crippen molar-refractivity contribution < 1.29 is 42.9 Å². The highest BCUT2D eigenvalue weighted by molar-refractivity contribution is 7.99. The fourth-order valence-corrected chi connectivity index (χ4v) is 5.45. The van der Waals surface area contributed by atoms with Gasteiger partial charge in [0, 0.05) is 0 Å². The van der Waals surface area contributed by atoms with E-state index in [9.17, 15) is 19.2 Å². The largest absolute Gasteiger partial charge is 0.459 e. The number of thioether (sulfide) groups is 1. The average molecular weight is 627 g/mol. The molecule has 0 unspecified atom stereocenters. The van der Waals surface area contributed by atoms with E-state index in [4.69, 9.17) is 23.7 Å². The van der Waals surface area contributed by atoms with Gasteiger partial charge in [-0.2, -0.15) is 0 Å². The maximum absolute atomic E-state index is 13.4. The number of carbonyl (C=O) groups is 4. The summed E-state index contributed by atoms with van der Waals surface area (Å²) in [6, 6.07) is 33.2. The summed E-state index contributed by atoms with van der Waals surface area (Å²) in [6.07, 6.45) is -3.26. The lowest BCUT2D eigenvalue weighted by atomic mass is 9.98. The fraction of sp³-hybridized carbons (Fsp3) is 0.200. The van der Waals surface area contributed by atoms with Gasteiger partial charge in [0.1, 0.15) is 18.1 Å². The highest BCUT2D eigenvalue weighted by Gasteiger charge is 2.53. The van der Waals surface area contributed by atoms with Crippen molar-refractivity contribution in [3.05, 3.63) is 144 Å². The minimum atomic E-state index is -1.34. The third-order valence-corrected chi connectivity index (χ3v) is 7.81. The molecular weight excluding hydrogens is 596 g/mol. The Hall–Kier alpha value is -4.93. The molecule has 5 rings (SSSR count). The number of hydrogen-bond acceptors (Lipinski definition) is 10. The van der Waals surface area contributed by atoms with Gasteiger partial charge in [-0.1, -0.05) is 72.8 Å². The lowest BCUT2D eigenvalue weighted by Crippen LogP contribution is -2.61. The number of benzene rings is 4. The Labute approximate surface area is 264 Å². The zero-order chi connectivity index (χ0) is 31.6. The van der Waals surface area contributed by atoms with E-state index in [0.29, 0.717) is 5.56 Å². The van der Waals surface area contributed by atoms with Crippen LogP contribution in [0.15, 0.2) is 121 Å². The molecule has 1 aliphatic rings. The summed E-state index contributed by atoms with van der Waals surface area (Å²) in [5, 5.41) is 0. The molecular formula is C35H30O9S. The van der Waals surface area contributed by atoms with Crippen molar-refractivity contribution in [1.29, 1.82) is 0 Å². The Morgan fingerprint density at radius 3 is 1.29 bits per heavy atom. The van der Waals surface area contributed by atoms with Gasteiger partial charge in [0.25, 0.3) is 0 Å². The average Bonchev–Trinajstić information content (AvgIpc) is 3.10. The molecule has 0 spiro atoms. The van der Waals surface area contributed by atoms with Crippen LogP contribution in [0.2, 0.25) is 0 Å². The predicted molar refractivity (Wildman–Crippen MR) is 166 cm³/mol. The topological polar surface area (TPSA) is 114 Å². The number of rotatable bonds is 10. The number of hydrogen-bond donors (Lipinski definition) is 0. The van der Waals surface area contributed by atoms with Gasteiger partial charge in [-0.15, -0.1) is 11.8 Å². The van der Waals surface area contributed by atoms with Crippen LogP contribution in [0.1, 0.15) is 41.4 Å². The molecule has 4 aromatic rings. The maximum Gasteiger partial charge on any atom is 0.338 e. The Morgan fingerprint density at radius 2 is 0.889 bits per heavy atom. The first-order valence-electron chi connectivity index (χ1n) is 14.1. The van der Waals surface area contributed by atoms with Crippen LogP contribution in [-0.4, -0.2) is 66.6 Å². The van der Waals surface area contributed by atoms with Gasteiger partial charge in [0.2, 0.25) is 0 Å². The van der Waals surface area contributed by atoms with Crippen LogP contribution in [0, 0.1) is 0 Å². The molecule has 0 aromatic heterocycles. The zero-order valence-corrected chi connectivity index (χ0v) is 25.0. The van der Waals surface area contributed by atoms with Crippen molar-refractivity contribution in [2.75, 3.05) is 12.9 Å². The van der Waals surface area contributed by atoms with Gasteiger partial charge in [-0.25, -0.2) is 19.2 Å². The molecule has 45 heavy (non-hydrogen) atoms. The van der Waals surface area contributed by atoms with Crippen LogP contribution in [0.4, 0.5) is 0 Å². The molecule has 1 saturated heterocycles. The normalized spacial score (nSPS) is 20.8. The Balaban J connectivity index is 1.50. The molecule has 0 saturated carbocycles. The SMILES string of the molecule is CS[C@@H]1O[C@H](COC(=O)c2ccccc2)[C@H](OC(=O)c2ccccc2)[C@H](OC(=O)c2ccccc2)[C@H]1OC(=O)c1ccccc1. The van der Waals surface area contributed by atoms with Crippen LogP contribution in [0.25, 0.3) is 0 Å². The Bertz CT molecular complexity index is 1580. The zero-order valence-electron chi connectivity index (χ0n) is 24.2. The van der Waals surface area contributed by atoms with E-state index >= 15 is 0 Å². The molecule has 9 nitrogen and oxygen atoms in total. The molecule has 0 amide bonds. The highest BCUT2D eigenvalue weighted by Crippen LogP contribution is 2.34. The third-order valence-electron chi connectivity index (χ3n) is 6.97. The standard InChI is InChI=1S/C35H30O9S/c1-45-35-30(44-34(39)26-20-12-5-13-21-26)29(43-33(38)25-18-10-4-11-19-25)28(42-32(37)24-16-8-3-9-17-24)27(41-35)22-40-31(36)23-14-6-2-7-15-23/h2-21,27-30,35H,22H2,1H3/t27-,28+,29+,30-,35+/m1/s1. The molecule has 1 fully saturated rings. The Kier molecular flexibility index (Phi) is 10.6. The van der Waals surface area contributed by atoms with Crippen molar-refractivity contribution in [3.8, 4) is 0 Å². The molecule has 1 heterocycles. The van der Waals surface area contributed by atoms with E-state index in [-0.39, 0.29) is 23.3 Å². The summed E-state index contributed by atoms with van der Waals surface area (Å²) in [6.45, 7) is -0.351. The molecule has 1 aliphatic heterocycles. The van der Waals surface area contributed by atoms with Gasteiger partial charge in [-0.3, -0.25) is 0 Å². The molecule has 0 N–H and O–H groups in total. The summed E-state index contributed by atoms with van der Waals surface area (Å²) >= 11 is 1.20. The molecule has 0 radical (unpaired) electrons. The quantitative estimate of drug-likeness (QED) is 0.163. The number of carbonyl (C=O) groups excluding carboxylic acids is 4. The lowest BCUT2D eigenvalue weighted by molar-refractivity contribution is -0.207.